The third kappa shape index (κ3) is 3.92. The maximum Gasteiger partial charge on any atom is 0.241 e. The fourth-order valence-corrected chi connectivity index (χ4v) is 2.64. The van der Waals surface area contributed by atoms with Crippen LogP contribution in [0.5, 0.6) is 0 Å². The summed E-state index contributed by atoms with van der Waals surface area (Å²) in [5.41, 5.74) is 6.10. The van der Waals surface area contributed by atoms with Crippen molar-refractivity contribution in [3.8, 4) is 0 Å². The third-order valence-corrected chi connectivity index (χ3v) is 3.98. The number of aliphatic hydroxyl groups is 1. The molecule has 4 N–H and O–H groups in total. The third-order valence-electron chi connectivity index (χ3n) is 3.98. The second kappa shape index (κ2) is 6.87. The Balaban J connectivity index is 2.00. The van der Waals surface area contributed by atoms with Gasteiger partial charge in [0.15, 0.2) is 0 Å². The molecule has 1 fully saturated rings. The van der Waals surface area contributed by atoms with Gasteiger partial charge in [-0.2, -0.15) is 0 Å². The van der Waals surface area contributed by atoms with Gasteiger partial charge in [0.2, 0.25) is 5.91 Å². The van der Waals surface area contributed by atoms with Crippen molar-refractivity contribution in [1.29, 1.82) is 0 Å². The number of benzene rings is 1. The van der Waals surface area contributed by atoms with E-state index in [0.717, 1.165) is 19.4 Å². The summed E-state index contributed by atoms with van der Waals surface area (Å²) in [6.45, 7) is 3.42. The number of nitrogens with zero attached hydrogens (tertiary/aromatic N) is 1. The topological polar surface area (TPSA) is 78.6 Å². The zero-order valence-corrected chi connectivity index (χ0v) is 12.2. The molecule has 1 aliphatic heterocycles. The molecule has 1 aliphatic rings. The number of carbonyl (C=O) groups is 1. The second-order valence-electron chi connectivity index (χ2n) is 5.59. The molecule has 116 valence electrons. The Labute approximate surface area is 123 Å². The highest BCUT2D eigenvalue weighted by molar-refractivity contribution is 5.95. The number of nitrogens with one attached hydrogen (secondary N) is 1. The van der Waals surface area contributed by atoms with Crippen LogP contribution < -0.4 is 11.1 Å². The number of hydrogen-bond donors (Lipinski definition) is 3. The Kier molecular flexibility index (Phi) is 5.14. The van der Waals surface area contributed by atoms with E-state index >= 15 is 0 Å². The lowest BCUT2D eigenvalue weighted by molar-refractivity contribution is -0.121. The molecule has 1 saturated heterocycles. The Hall–Kier alpha value is -1.66. The summed E-state index contributed by atoms with van der Waals surface area (Å²) in [7, 11) is 0. The smallest absolute Gasteiger partial charge is 0.241 e. The molecule has 1 amide bonds. The summed E-state index contributed by atoms with van der Waals surface area (Å²) >= 11 is 0. The van der Waals surface area contributed by atoms with Gasteiger partial charge in [-0.15, -0.1) is 0 Å². The lowest BCUT2D eigenvalue weighted by atomic mass is 9.97. The SMILES string of the molecule is CC(C(=O)Nc1cc(N)ccc1F)N1CCCC(CO)C1. The fourth-order valence-electron chi connectivity index (χ4n) is 2.64. The predicted molar refractivity (Wildman–Crippen MR) is 80.3 cm³/mol. The molecule has 2 atom stereocenters. The van der Waals surface area contributed by atoms with Gasteiger partial charge in [0.25, 0.3) is 0 Å². The molecule has 0 spiro atoms. The van der Waals surface area contributed by atoms with Crippen molar-refractivity contribution in [2.24, 2.45) is 5.92 Å². The summed E-state index contributed by atoms with van der Waals surface area (Å²) in [6.07, 6.45) is 1.93. The number of rotatable bonds is 4. The molecule has 21 heavy (non-hydrogen) atoms. The van der Waals surface area contributed by atoms with Crippen LogP contribution >= 0.6 is 0 Å². The van der Waals surface area contributed by atoms with Crippen LogP contribution in [0.1, 0.15) is 19.8 Å². The van der Waals surface area contributed by atoms with Crippen LogP contribution in [-0.2, 0) is 4.79 Å². The lowest BCUT2D eigenvalue weighted by Crippen LogP contribution is -2.47. The Morgan fingerprint density at radius 1 is 1.62 bits per heavy atom. The van der Waals surface area contributed by atoms with Crippen LogP contribution in [0, 0.1) is 11.7 Å². The maximum absolute atomic E-state index is 13.6. The first-order valence-corrected chi connectivity index (χ1v) is 7.22. The average Bonchev–Trinajstić information content (AvgIpc) is 2.50. The number of nitrogen functional groups attached to an aromatic ring is 1. The zero-order valence-electron chi connectivity index (χ0n) is 12.2. The van der Waals surface area contributed by atoms with Gasteiger partial charge in [0.05, 0.1) is 11.7 Å². The van der Waals surface area contributed by atoms with Gasteiger partial charge in [-0.1, -0.05) is 0 Å². The molecule has 2 rings (SSSR count). The number of carbonyl (C=O) groups excluding carboxylic acids is 1. The van der Waals surface area contributed by atoms with E-state index in [0.29, 0.717) is 12.2 Å². The van der Waals surface area contributed by atoms with E-state index in [9.17, 15) is 14.3 Å². The summed E-state index contributed by atoms with van der Waals surface area (Å²) in [4.78, 5) is 14.3. The highest BCUT2D eigenvalue weighted by atomic mass is 19.1. The molecule has 1 heterocycles. The zero-order chi connectivity index (χ0) is 15.4. The van der Waals surface area contributed by atoms with Crippen molar-refractivity contribution < 1.29 is 14.3 Å². The number of nitrogens with two attached hydrogens (primary N) is 1. The van der Waals surface area contributed by atoms with Crippen LogP contribution in [0.2, 0.25) is 0 Å². The minimum atomic E-state index is -0.503. The molecule has 5 nitrogen and oxygen atoms in total. The van der Waals surface area contributed by atoms with Crippen molar-refractivity contribution in [3.63, 3.8) is 0 Å². The number of piperidine rings is 1. The van der Waals surface area contributed by atoms with Crippen molar-refractivity contribution >= 4 is 17.3 Å². The van der Waals surface area contributed by atoms with E-state index in [2.05, 4.69) is 5.32 Å². The van der Waals surface area contributed by atoms with E-state index in [1.54, 1.807) is 6.92 Å². The average molecular weight is 295 g/mol. The monoisotopic (exact) mass is 295 g/mol. The van der Waals surface area contributed by atoms with Crippen LogP contribution in [0.25, 0.3) is 0 Å². The molecule has 0 bridgehead atoms. The number of aliphatic hydroxyl groups excluding tert-OH is 1. The molecule has 6 heteroatoms. The second-order valence-corrected chi connectivity index (χ2v) is 5.59. The number of likely N-dealkylation sites (tertiary alicyclic amines) is 1. The molecule has 0 aromatic heterocycles. The minimum Gasteiger partial charge on any atom is -0.399 e. The summed E-state index contributed by atoms with van der Waals surface area (Å²) in [6, 6.07) is 3.72. The molecular weight excluding hydrogens is 273 g/mol. The van der Waals surface area contributed by atoms with Crippen LogP contribution in [0.4, 0.5) is 15.8 Å². The molecule has 1 aromatic rings. The first-order valence-electron chi connectivity index (χ1n) is 7.22. The minimum absolute atomic E-state index is 0.0996. The van der Waals surface area contributed by atoms with Crippen molar-refractivity contribution in [3.05, 3.63) is 24.0 Å². The Morgan fingerprint density at radius 3 is 3.10 bits per heavy atom. The summed E-state index contributed by atoms with van der Waals surface area (Å²) < 4.78 is 13.6. The Morgan fingerprint density at radius 2 is 2.38 bits per heavy atom. The van der Waals surface area contributed by atoms with Crippen molar-refractivity contribution in [2.75, 3.05) is 30.7 Å². The van der Waals surface area contributed by atoms with E-state index in [-0.39, 0.29) is 30.2 Å². The normalized spacial score (nSPS) is 21.0. The van der Waals surface area contributed by atoms with E-state index < -0.39 is 5.82 Å². The van der Waals surface area contributed by atoms with Gasteiger partial charge in [0, 0.05) is 18.8 Å². The molecule has 0 radical (unpaired) electrons. The molecule has 0 saturated carbocycles. The van der Waals surface area contributed by atoms with Gasteiger partial charge in [-0.25, -0.2) is 4.39 Å². The van der Waals surface area contributed by atoms with Gasteiger partial charge in [0.1, 0.15) is 5.82 Å². The highest BCUT2D eigenvalue weighted by Crippen LogP contribution is 2.21. The summed E-state index contributed by atoms with van der Waals surface area (Å²) in [5, 5.41) is 11.8. The first-order chi connectivity index (χ1) is 10.0. The number of hydrogen-bond acceptors (Lipinski definition) is 4. The van der Waals surface area contributed by atoms with Gasteiger partial charge in [-0.3, -0.25) is 9.69 Å². The molecular formula is C15H22FN3O2. The maximum atomic E-state index is 13.6. The lowest BCUT2D eigenvalue weighted by Gasteiger charge is -2.35. The van der Waals surface area contributed by atoms with Gasteiger partial charge >= 0.3 is 0 Å². The van der Waals surface area contributed by atoms with E-state index in [1.807, 2.05) is 4.90 Å². The number of halogens is 1. The quantitative estimate of drug-likeness (QED) is 0.734. The molecule has 0 aliphatic carbocycles. The highest BCUT2D eigenvalue weighted by Gasteiger charge is 2.27. The van der Waals surface area contributed by atoms with Crippen molar-refractivity contribution in [1.82, 2.24) is 4.90 Å². The Bertz CT molecular complexity index is 510. The van der Waals surface area contributed by atoms with Crippen molar-refractivity contribution in [2.45, 2.75) is 25.8 Å². The van der Waals surface area contributed by atoms with Crippen LogP contribution in [0.3, 0.4) is 0 Å². The van der Waals surface area contributed by atoms with Crippen LogP contribution in [-0.4, -0.2) is 41.7 Å². The van der Waals surface area contributed by atoms with E-state index in [1.165, 1.54) is 18.2 Å². The standard InChI is InChI=1S/C15H22FN3O2/c1-10(19-6-2-3-11(8-19)9-20)15(21)18-14-7-12(17)4-5-13(14)16/h4-5,7,10-11,20H,2-3,6,8-9,17H2,1H3,(H,18,21). The van der Waals surface area contributed by atoms with Gasteiger partial charge < -0.3 is 16.2 Å². The first kappa shape index (κ1) is 15.7. The number of amides is 1. The predicted octanol–water partition coefficient (Wildman–Crippen LogP) is 1.44. The molecule has 2 unspecified atom stereocenters. The largest absolute Gasteiger partial charge is 0.399 e. The summed E-state index contributed by atoms with van der Waals surface area (Å²) in [5.74, 6) is -0.562. The van der Waals surface area contributed by atoms with E-state index in [4.69, 9.17) is 5.73 Å². The van der Waals surface area contributed by atoms with Crippen LogP contribution in [0.15, 0.2) is 18.2 Å². The molecule has 1 aromatic carbocycles. The fraction of sp³-hybridized carbons (Fsp3) is 0.533. The van der Waals surface area contributed by atoms with Gasteiger partial charge in [-0.05, 0) is 50.4 Å². The number of anilines is 2.